The fourth-order valence-corrected chi connectivity index (χ4v) is 9.45. The lowest BCUT2D eigenvalue weighted by Crippen LogP contribution is -2.52. The number of rotatable bonds is 10. The van der Waals surface area contributed by atoms with Gasteiger partial charge in [0, 0.05) is 44.2 Å². The summed E-state index contributed by atoms with van der Waals surface area (Å²) in [5.74, 6) is 2.41. The van der Waals surface area contributed by atoms with Crippen molar-refractivity contribution < 1.29 is 19.2 Å². The van der Waals surface area contributed by atoms with Crippen LogP contribution in [0.15, 0.2) is 48.7 Å². The second-order valence-electron chi connectivity index (χ2n) is 15.5. The number of aryl methyl sites for hydroxylation is 2. The lowest BCUT2D eigenvalue weighted by molar-refractivity contribution is -0.136. The lowest BCUT2D eigenvalue weighted by atomic mass is 9.88. The molecule has 15 heteroatoms. The Morgan fingerprint density at radius 1 is 0.964 bits per heavy atom. The highest BCUT2D eigenvalue weighted by Gasteiger charge is 2.39. The number of piperidine rings is 3. The summed E-state index contributed by atoms with van der Waals surface area (Å²) < 4.78 is 0. The van der Waals surface area contributed by atoms with E-state index in [9.17, 15) is 19.2 Å². The Labute approximate surface area is 335 Å². The summed E-state index contributed by atoms with van der Waals surface area (Å²) in [6.45, 7) is 9.38. The molecule has 13 nitrogen and oxygen atoms in total. The zero-order valence-electron chi connectivity index (χ0n) is 31.6. The van der Waals surface area contributed by atoms with Gasteiger partial charge in [-0.15, -0.1) is 0 Å². The third-order valence-electron chi connectivity index (χ3n) is 11.5. The molecule has 292 valence electrons. The number of carbonyl (C=O) groups is 4. The average Bonchev–Trinajstić information content (AvgIpc) is 3.78. The molecule has 56 heavy (non-hydrogen) atoms. The number of nitrogens with one attached hydrogen (secondary N) is 3. The van der Waals surface area contributed by atoms with Gasteiger partial charge < -0.3 is 25.3 Å². The van der Waals surface area contributed by atoms with Crippen molar-refractivity contribution in [1.29, 1.82) is 0 Å². The number of halogens is 1. The highest BCUT2D eigenvalue weighted by atomic mass is 35.5. The van der Waals surface area contributed by atoms with E-state index in [0.717, 1.165) is 81.8 Å². The summed E-state index contributed by atoms with van der Waals surface area (Å²) >= 11 is 7.56. The second kappa shape index (κ2) is 16.3. The first-order chi connectivity index (χ1) is 27.1. The van der Waals surface area contributed by atoms with E-state index in [1.54, 1.807) is 17.2 Å². The molecule has 0 radical (unpaired) electrons. The Kier molecular flexibility index (Phi) is 11.0. The van der Waals surface area contributed by atoms with Gasteiger partial charge in [0.2, 0.25) is 11.8 Å². The number of likely N-dealkylation sites (tertiary alicyclic amines) is 1. The number of imide groups is 1. The van der Waals surface area contributed by atoms with Crippen LogP contribution in [0.2, 0.25) is 5.02 Å². The van der Waals surface area contributed by atoms with Gasteiger partial charge in [0.05, 0.1) is 16.9 Å². The minimum Gasteiger partial charge on any atom is -0.356 e. The molecule has 3 saturated heterocycles. The van der Waals surface area contributed by atoms with Gasteiger partial charge in [-0.3, -0.25) is 24.5 Å². The molecule has 2 aromatic heterocycles. The Balaban J connectivity index is 0.787. The topological polar surface area (TPSA) is 153 Å². The minimum absolute atomic E-state index is 0.121. The Bertz CT molecular complexity index is 2140. The predicted octanol–water partition coefficient (Wildman–Crippen LogP) is 6.13. The summed E-state index contributed by atoms with van der Waals surface area (Å²) in [6, 6.07) is 13.0. The smallest absolute Gasteiger partial charge is 0.267 e. The average molecular weight is 796 g/mol. The normalized spacial score (nSPS) is 19.6. The van der Waals surface area contributed by atoms with Crippen molar-refractivity contribution in [3.63, 3.8) is 0 Å². The molecule has 4 aliphatic heterocycles. The van der Waals surface area contributed by atoms with Gasteiger partial charge in [0.25, 0.3) is 11.8 Å². The van der Waals surface area contributed by atoms with Crippen LogP contribution in [0.5, 0.6) is 0 Å². The third-order valence-corrected chi connectivity index (χ3v) is 12.8. The second-order valence-corrected chi connectivity index (χ2v) is 16.9. The molecule has 0 bridgehead atoms. The summed E-state index contributed by atoms with van der Waals surface area (Å²) in [5, 5.41) is 9.62. The Hall–Kier alpha value is -4.92. The van der Waals surface area contributed by atoms with E-state index in [-0.39, 0.29) is 30.0 Å². The van der Waals surface area contributed by atoms with Crippen molar-refractivity contribution in [3.8, 4) is 0 Å². The van der Waals surface area contributed by atoms with E-state index < -0.39 is 6.04 Å². The van der Waals surface area contributed by atoms with Crippen LogP contribution < -0.4 is 20.9 Å². The molecule has 2 aromatic carbocycles. The molecule has 1 atom stereocenters. The Morgan fingerprint density at radius 3 is 2.52 bits per heavy atom. The van der Waals surface area contributed by atoms with Crippen LogP contribution in [0.1, 0.15) is 81.1 Å². The number of benzene rings is 2. The van der Waals surface area contributed by atoms with E-state index in [1.165, 1.54) is 16.9 Å². The number of anilines is 4. The van der Waals surface area contributed by atoms with Crippen LogP contribution in [0.3, 0.4) is 0 Å². The van der Waals surface area contributed by atoms with E-state index in [1.807, 2.05) is 38.1 Å². The summed E-state index contributed by atoms with van der Waals surface area (Å²) in [4.78, 5) is 70.9. The fraction of sp³-hybridized carbons (Fsp3) is 0.439. The molecule has 6 heterocycles. The molecule has 4 amide bonds. The number of hydrogen-bond donors (Lipinski definition) is 3. The van der Waals surface area contributed by atoms with Gasteiger partial charge in [-0.05, 0) is 106 Å². The van der Waals surface area contributed by atoms with E-state index in [0.29, 0.717) is 62.7 Å². The standard InChI is InChI=1S/C41H46ClN9O4S/c1-24-4-3-5-31(42)37(24)48-39(54)33-21-43-41(56-33)46-34-20-35(45-25(2)44-34)50-16-12-27(13-17-50)22-49-14-10-26(11-15-49)18-28-6-7-30-29(19-28)23-51(40(30)55)32-8-9-36(52)47-38(32)53/h3-7,19-21,26-27,32H,8-18,22-23H2,1-2H3,(H,48,54)(H,47,52,53)(H,43,44,45,46). The van der Waals surface area contributed by atoms with Gasteiger partial charge in [-0.2, -0.15) is 0 Å². The molecule has 8 rings (SSSR count). The SMILES string of the molecule is Cc1nc(Nc2ncc(C(=O)Nc3c(C)cccc3Cl)s2)cc(N2CCC(CN3CCC(Cc4ccc5c(c4)CN(C4CCC(=O)NC4=O)C5=O)CC3)CC2)n1. The maximum absolute atomic E-state index is 13.1. The number of para-hydroxylation sites is 1. The van der Waals surface area contributed by atoms with Gasteiger partial charge >= 0.3 is 0 Å². The molecule has 3 N–H and O–H groups in total. The van der Waals surface area contributed by atoms with Crippen molar-refractivity contribution in [1.82, 2.24) is 30.1 Å². The molecule has 0 spiro atoms. The van der Waals surface area contributed by atoms with Crippen molar-refractivity contribution in [2.75, 3.05) is 48.3 Å². The minimum atomic E-state index is -0.585. The third kappa shape index (κ3) is 8.42. The zero-order valence-corrected chi connectivity index (χ0v) is 33.2. The van der Waals surface area contributed by atoms with Crippen LogP contribution in [0.25, 0.3) is 0 Å². The van der Waals surface area contributed by atoms with E-state index >= 15 is 0 Å². The molecule has 0 saturated carbocycles. The van der Waals surface area contributed by atoms with Crippen molar-refractivity contribution in [2.24, 2.45) is 11.8 Å². The van der Waals surface area contributed by atoms with Crippen LogP contribution in [-0.4, -0.2) is 87.1 Å². The fourth-order valence-electron chi connectivity index (χ4n) is 8.46. The number of thiazole rings is 1. The first kappa shape index (κ1) is 38.0. The number of aromatic nitrogens is 3. The van der Waals surface area contributed by atoms with Crippen molar-refractivity contribution in [3.05, 3.63) is 86.6 Å². The number of amides is 4. The van der Waals surface area contributed by atoms with E-state index in [4.69, 9.17) is 16.6 Å². The van der Waals surface area contributed by atoms with Crippen molar-refractivity contribution >= 4 is 69.0 Å². The number of fused-ring (bicyclic) bond motifs is 1. The highest BCUT2D eigenvalue weighted by molar-refractivity contribution is 7.17. The first-order valence-electron chi connectivity index (χ1n) is 19.4. The predicted molar refractivity (Wildman–Crippen MR) is 217 cm³/mol. The van der Waals surface area contributed by atoms with Crippen LogP contribution in [-0.2, 0) is 22.6 Å². The van der Waals surface area contributed by atoms with Gasteiger partial charge in [-0.25, -0.2) is 15.0 Å². The molecule has 1 unspecified atom stereocenters. The molecule has 4 aromatic rings. The first-order valence-corrected chi connectivity index (χ1v) is 20.6. The number of hydrogen-bond acceptors (Lipinski definition) is 11. The van der Waals surface area contributed by atoms with Crippen LogP contribution >= 0.6 is 22.9 Å². The Morgan fingerprint density at radius 2 is 1.75 bits per heavy atom. The number of carbonyl (C=O) groups excluding carboxylic acids is 4. The maximum Gasteiger partial charge on any atom is 0.267 e. The maximum atomic E-state index is 13.1. The number of nitrogens with zero attached hydrogens (tertiary/aromatic N) is 6. The largest absolute Gasteiger partial charge is 0.356 e. The molecule has 4 aliphatic rings. The molecular formula is C41H46ClN9O4S. The summed E-state index contributed by atoms with van der Waals surface area (Å²) in [6.07, 6.45) is 7.69. The lowest BCUT2D eigenvalue weighted by Gasteiger charge is -2.38. The van der Waals surface area contributed by atoms with Crippen LogP contribution in [0, 0.1) is 25.7 Å². The monoisotopic (exact) mass is 795 g/mol. The van der Waals surface area contributed by atoms with Gasteiger partial charge in [-0.1, -0.05) is 47.2 Å². The zero-order chi connectivity index (χ0) is 38.9. The van der Waals surface area contributed by atoms with Crippen molar-refractivity contribution in [2.45, 2.75) is 71.4 Å². The van der Waals surface area contributed by atoms with Gasteiger partial charge in [0.15, 0.2) is 5.13 Å². The van der Waals surface area contributed by atoms with Crippen LogP contribution in [0.4, 0.5) is 22.5 Å². The summed E-state index contributed by atoms with van der Waals surface area (Å²) in [5.41, 5.74) is 4.37. The quantitative estimate of drug-likeness (QED) is 0.160. The summed E-state index contributed by atoms with van der Waals surface area (Å²) in [7, 11) is 0. The van der Waals surface area contributed by atoms with E-state index in [2.05, 4.69) is 47.9 Å². The highest BCUT2D eigenvalue weighted by Crippen LogP contribution is 2.32. The molecular weight excluding hydrogens is 750 g/mol. The molecule has 3 fully saturated rings. The van der Waals surface area contributed by atoms with Gasteiger partial charge in [0.1, 0.15) is 28.4 Å². The molecule has 0 aliphatic carbocycles.